The number of benzene rings is 1. The Morgan fingerprint density at radius 2 is 1.65 bits per heavy atom. The van der Waals surface area contributed by atoms with Gasteiger partial charge in [-0.2, -0.15) is 12.6 Å². The van der Waals surface area contributed by atoms with E-state index in [9.17, 15) is 0 Å². The molecule has 4 heteroatoms. The van der Waals surface area contributed by atoms with Crippen molar-refractivity contribution < 1.29 is 14.2 Å². The molecule has 0 radical (unpaired) electrons. The quantitative estimate of drug-likeness (QED) is 0.793. The van der Waals surface area contributed by atoms with Crippen molar-refractivity contribution in [3.8, 4) is 17.2 Å². The average Bonchev–Trinajstić information content (AvgIpc) is 2.35. The number of methoxy groups -OCH3 is 2. The first-order valence-electron chi connectivity index (χ1n) is 5.48. The molecule has 0 N–H and O–H groups in total. The molecule has 96 valence electrons. The molecule has 0 bridgehead atoms. The third kappa shape index (κ3) is 3.73. The molecule has 0 fully saturated rings. The molecule has 0 unspecified atom stereocenters. The van der Waals surface area contributed by atoms with Crippen molar-refractivity contribution in [2.24, 2.45) is 5.41 Å². The zero-order valence-electron chi connectivity index (χ0n) is 10.8. The van der Waals surface area contributed by atoms with Crippen molar-refractivity contribution in [3.63, 3.8) is 0 Å². The number of rotatable bonds is 6. The van der Waals surface area contributed by atoms with Gasteiger partial charge in [0.1, 0.15) is 0 Å². The maximum Gasteiger partial charge on any atom is 0.203 e. The topological polar surface area (TPSA) is 27.7 Å². The first-order valence-corrected chi connectivity index (χ1v) is 6.12. The van der Waals surface area contributed by atoms with Crippen molar-refractivity contribution in [1.29, 1.82) is 0 Å². The van der Waals surface area contributed by atoms with E-state index in [0.717, 1.165) is 5.75 Å². The highest BCUT2D eigenvalue weighted by Crippen LogP contribution is 2.37. The molecule has 0 aliphatic rings. The van der Waals surface area contributed by atoms with E-state index in [1.807, 2.05) is 18.2 Å². The van der Waals surface area contributed by atoms with Crippen molar-refractivity contribution in [2.45, 2.75) is 13.8 Å². The van der Waals surface area contributed by atoms with Gasteiger partial charge < -0.3 is 14.2 Å². The van der Waals surface area contributed by atoms with E-state index in [2.05, 4.69) is 26.5 Å². The smallest absolute Gasteiger partial charge is 0.203 e. The van der Waals surface area contributed by atoms with E-state index in [4.69, 9.17) is 14.2 Å². The highest BCUT2D eigenvalue weighted by Gasteiger charge is 2.19. The Labute approximate surface area is 108 Å². The Bertz CT molecular complexity index is 341. The van der Waals surface area contributed by atoms with Gasteiger partial charge in [-0.05, 0) is 17.9 Å². The van der Waals surface area contributed by atoms with Crippen LogP contribution in [-0.4, -0.2) is 26.6 Å². The summed E-state index contributed by atoms with van der Waals surface area (Å²) in [5, 5.41) is 0. The van der Waals surface area contributed by atoms with Gasteiger partial charge in [0.25, 0.3) is 0 Å². The molecule has 0 heterocycles. The van der Waals surface area contributed by atoms with Gasteiger partial charge in [-0.25, -0.2) is 0 Å². The molecule has 0 aliphatic heterocycles. The average molecular weight is 256 g/mol. The first kappa shape index (κ1) is 14.0. The molecular formula is C13H20O3S. The zero-order chi connectivity index (χ0) is 12.9. The Balaban J connectivity index is 2.88. The van der Waals surface area contributed by atoms with Gasteiger partial charge in [-0.3, -0.25) is 0 Å². The zero-order valence-corrected chi connectivity index (χ0v) is 11.7. The van der Waals surface area contributed by atoms with E-state index in [1.54, 1.807) is 14.2 Å². The van der Waals surface area contributed by atoms with Gasteiger partial charge in [0.15, 0.2) is 11.5 Å². The summed E-state index contributed by atoms with van der Waals surface area (Å²) in [5.41, 5.74) is 0.00890. The lowest BCUT2D eigenvalue weighted by molar-refractivity contribution is 0.188. The van der Waals surface area contributed by atoms with Crippen LogP contribution in [0.25, 0.3) is 0 Å². The molecule has 1 aromatic rings. The maximum atomic E-state index is 5.81. The molecule has 0 saturated heterocycles. The highest BCUT2D eigenvalue weighted by atomic mass is 32.1. The minimum absolute atomic E-state index is 0.00890. The van der Waals surface area contributed by atoms with E-state index in [-0.39, 0.29) is 5.41 Å². The summed E-state index contributed by atoms with van der Waals surface area (Å²) in [6.45, 7) is 4.76. The molecule has 0 spiro atoms. The molecule has 0 aliphatic carbocycles. The second kappa shape index (κ2) is 6.05. The van der Waals surface area contributed by atoms with Gasteiger partial charge in [0, 0.05) is 5.41 Å². The standard InChI is InChI=1S/C13H20O3S/c1-13(2,9-17)8-16-12-10(14-3)6-5-7-11(12)15-4/h5-7,17H,8-9H2,1-4H3. The summed E-state index contributed by atoms with van der Waals surface area (Å²) in [6.07, 6.45) is 0. The second-order valence-electron chi connectivity index (χ2n) is 4.60. The minimum atomic E-state index is 0.00890. The fourth-order valence-electron chi connectivity index (χ4n) is 1.27. The minimum Gasteiger partial charge on any atom is -0.493 e. The van der Waals surface area contributed by atoms with Crippen LogP contribution in [0, 0.1) is 5.41 Å². The van der Waals surface area contributed by atoms with Crippen molar-refractivity contribution in [3.05, 3.63) is 18.2 Å². The molecule has 17 heavy (non-hydrogen) atoms. The van der Waals surface area contributed by atoms with E-state index < -0.39 is 0 Å². The molecule has 0 atom stereocenters. The predicted octanol–water partition coefficient (Wildman–Crippen LogP) is 3.04. The second-order valence-corrected chi connectivity index (χ2v) is 4.92. The Morgan fingerprint density at radius 3 is 2.06 bits per heavy atom. The van der Waals surface area contributed by atoms with Gasteiger partial charge >= 0.3 is 0 Å². The Hall–Kier alpha value is -1.03. The van der Waals surface area contributed by atoms with Crippen LogP contribution in [0.5, 0.6) is 17.2 Å². The lowest BCUT2D eigenvalue weighted by Crippen LogP contribution is -2.23. The molecule has 3 nitrogen and oxygen atoms in total. The molecule has 0 amide bonds. The number of hydrogen-bond acceptors (Lipinski definition) is 4. The Morgan fingerprint density at radius 1 is 1.12 bits per heavy atom. The van der Waals surface area contributed by atoms with Crippen molar-refractivity contribution in [1.82, 2.24) is 0 Å². The molecular weight excluding hydrogens is 236 g/mol. The summed E-state index contributed by atoms with van der Waals surface area (Å²) in [7, 11) is 3.23. The SMILES string of the molecule is COc1cccc(OC)c1OCC(C)(C)CS. The third-order valence-electron chi connectivity index (χ3n) is 2.42. The first-order chi connectivity index (χ1) is 8.04. The fourth-order valence-corrected chi connectivity index (χ4v) is 1.36. The summed E-state index contributed by atoms with van der Waals surface area (Å²) >= 11 is 4.30. The normalized spacial score (nSPS) is 11.1. The van der Waals surface area contributed by atoms with Gasteiger partial charge in [-0.15, -0.1) is 0 Å². The van der Waals surface area contributed by atoms with Crippen LogP contribution in [0.3, 0.4) is 0 Å². The van der Waals surface area contributed by atoms with Gasteiger partial charge in [0.05, 0.1) is 20.8 Å². The molecule has 0 aromatic heterocycles. The maximum absolute atomic E-state index is 5.81. The number of thiol groups is 1. The number of ether oxygens (including phenoxy) is 3. The van der Waals surface area contributed by atoms with Crippen LogP contribution < -0.4 is 14.2 Å². The number of hydrogen-bond donors (Lipinski definition) is 1. The van der Waals surface area contributed by atoms with Crippen LogP contribution in [0.2, 0.25) is 0 Å². The van der Waals surface area contributed by atoms with E-state index in [1.165, 1.54) is 0 Å². The van der Waals surface area contributed by atoms with Crippen molar-refractivity contribution in [2.75, 3.05) is 26.6 Å². The lowest BCUT2D eigenvalue weighted by Gasteiger charge is -2.23. The monoisotopic (exact) mass is 256 g/mol. The van der Waals surface area contributed by atoms with E-state index in [0.29, 0.717) is 23.9 Å². The number of para-hydroxylation sites is 1. The fraction of sp³-hybridized carbons (Fsp3) is 0.538. The molecule has 1 rings (SSSR count). The highest BCUT2D eigenvalue weighted by molar-refractivity contribution is 7.80. The van der Waals surface area contributed by atoms with Crippen LogP contribution in [0.15, 0.2) is 18.2 Å². The third-order valence-corrected chi connectivity index (χ3v) is 3.27. The summed E-state index contributed by atoms with van der Waals surface area (Å²) in [6, 6.07) is 5.57. The van der Waals surface area contributed by atoms with Crippen LogP contribution >= 0.6 is 12.6 Å². The largest absolute Gasteiger partial charge is 0.493 e. The molecule has 1 aromatic carbocycles. The lowest BCUT2D eigenvalue weighted by atomic mass is 9.98. The van der Waals surface area contributed by atoms with Gasteiger partial charge in [0.2, 0.25) is 5.75 Å². The Kier molecular flexibility index (Phi) is 5.00. The summed E-state index contributed by atoms with van der Waals surface area (Å²) < 4.78 is 16.3. The van der Waals surface area contributed by atoms with Crippen LogP contribution in [0.1, 0.15) is 13.8 Å². The molecule has 0 saturated carbocycles. The van der Waals surface area contributed by atoms with Crippen molar-refractivity contribution >= 4 is 12.6 Å². The van der Waals surface area contributed by atoms with Crippen LogP contribution in [0.4, 0.5) is 0 Å². The predicted molar refractivity (Wildman–Crippen MR) is 72.7 cm³/mol. The van der Waals surface area contributed by atoms with Gasteiger partial charge in [-0.1, -0.05) is 19.9 Å². The van der Waals surface area contributed by atoms with E-state index >= 15 is 0 Å². The van der Waals surface area contributed by atoms with Crippen LogP contribution in [-0.2, 0) is 0 Å². The summed E-state index contributed by atoms with van der Waals surface area (Å²) in [4.78, 5) is 0. The summed E-state index contributed by atoms with van der Waals surface area (Å²) in [5.74, 6) is 2.76.